The maximum atomic E-state index is 6.37. The molecule has 1 aliphatic carbocycles. The molecule has 5 aromatic rings. The predicted octanol–water partition coefficient (Wildman–Crippen LogP) is 11.3. The molecular weight excluding hydrogens is 635 g/mol. The van der Waals surface area contributed by atoms with E-state index in [1.807, 2.05) is 49.7 Å². The molecule has 0 saturated carbocycles. The van der Waals surface area contributed by atoms with Crippen molar-refractivity contribution in [2.24, 2.45) is 11.8 Å². The first kappa shape index (κ1) is 35.0. The third kappa shape index (κ3) is 7.52. The lowest BCUT2D eigenvalue weighted by atomic mass is 9.72. The number of allylic oxidation sites excluding steroid dienone is 3. The molecule has 48 heavy (non-hydrogen) atoms. The fourth-order valence-electron chi connectivity index (χ4n) is 6.55. The van der Waals surface area contributed by atoms with E-state index >= 15 is 0 Å². The first-order valence-electron chi connectivity index (χ1n) is 16.2. The van der Waals surface area contributed by atoms with Gasteiger partial charge in [-0.1, -0.05) is 120 Å². The van der Waals surface area contributed by atoms with Crippen molar-refractivity contribution in [2.45, 2.75) is 38.3 Å². The molecule has 0 saturated heterocycles. The average molecular weight is 678 g/mol. The third-order valence-corrected chi connectivity index (χ3v) is 9.25. The fraction of sp³-hybridized carbons (Fsp3) is 0.214. The normalized spacial score (nSPS) is 14.0. The number of ether oxygens (including phenoxy) is 2. The van der Waals surface area contributed by atoms with E-state index in [9.17, 15) is 0 Å². The zero-order chi connectivity index (χ0) is 33.9. The highest BCUT2D eigenvalue weighted by Gasteiger charge is 2.43. The highest BCUT2D eigenvalue weighted by molar-refractivity contribution is 6.35. The quantitative estimate of drug-likeness (QED) is 0.123. The van der Waals surface area contributed by atoms with Gasteiger partial charge in [0.05, 0.1) is 30.3 Å². The molecule has 0 N–H and O–H groups in total. The Hall–Kier alpha value is -4.35. The van der Waals surface area contributed by atoms with Crippen molar-refractivity contribution in [1.29, 1.82) is 0 Å². The molecule has 1 unspecified atom stereocenters. The van der Waals surface area contributed by atoms with Gasteiger partial charge in [-0.3, -0.25) is 0 Å². The van der Waals surface area contributed by atoms with Crippen molar-refractivity contribution in [3.8, 4) is 11.5 Å². The minimum Gasteiger partial charge on any atom is -0.455 e. The van der Waals surface area contributed by atoms with E-state index in [4.69, 9.17) is 37.7 Å². The van der Waals surface area contributed by atoms with Gasteiger partial charge in [0.1, 0.15) is 17.0 Å². The first-order valence-corrected chi connectivity index (χ1v) is 17.0. The Labute approximate surface area is 295 Å². The third-order valence-electron chi connectivity index (χ3n) is 8.72. The molecule has 0 amide bonds. The van der Waals surface area contributed by atoms with Crippen LogP contribution in [0.25, 0.3) is 0 Å². The number of hydrogen-bond acceptors (Lipinski definition) is 3. The Morgan fingerprint density at radius 2 is 1.50 bits per heavy atom. The number of aromatic nitrogens is 2. The van der Waals surface area contributed by atoms with E-state index in [1.54, 1.807) is 24.3 Å². The summed E-state index contributed by atoms with van der Waals surface area (Å²) < 4.78 is 14.9. The summed E-state index contributed by atoms with van der Waals surface area (Å²) in [6.07, 6.45) is 10.5. The Kier molecular flexibility index (Phi) is 12.1. The van der Waals surface area contributed by atoms with Gasteiger partial charge in [-0.15, -0.1) is 19.7 Å². The molecule has 1 aliphatic rings. The van der Waals surface area contributed by atoms with Crippen LogP contribution in [0.3, 0.4) is 0 Å². The smallest absolute Gasteiger partial charge is 0.146 e. The molecule has 4 aromatic carbocycles. The Morgan fingerprint density at radius 1 is 0.875 bits per heavy atom. The molecule has 0 radical (unpaired) electrons. The largest absolute Gasteiger partial charge is 0.455 e. The lowest BCUT2D eigenvalue weighted by Crippen LogP contribution is -2.43. The van der Waals surface area contributed by atoms with Crippen LogP contribution in [0.2, 0.25) is 10.0 Å². The van der Waals surface area contributed by atoms with E-state index in [2.05, 4.69) is 85.0 Å². The Bertz CT molecular complexity index is 1770. The number of rotatable bonds is 12. The summed E-state index contributed by atoms with van der Waals surface area (Å²) in [5.74, 6) is 1.52. The number of nitrogens with zero attached hydrogens (tertiary/aromatic N) is 2. The van der Waals surface area contributed by atoms with Crippen molar-refractivity contribution in [2.75, 3.05) is 6.61 Å². The van der Waals surface area contributed by atoms with Gasteiger partial charge < -0.3 is 14.0 Å². The second-order valence-electron chi connectivity index (χ2n) is 11.8. The SMILES string of the molecule is C=CC.C=CC(C=C)C(c1ccccc1)(c1ccccc1)n1cnc2c1CC(COCc1ccccc1Oc1ccc(Cl)cc1Cl)CC2. The summed E-state index contributed by atoms with van der Waals surface area (Å²) in [6, 6.07) is 34.4. The summed E-state index contributed by atoms with van der Waals surface area (Å²) in [5, 5.41) is 1.03. The summed E-state index contributed by atoms with van der Waals surface area (Å²) in [7, 11) is 0. The molecule has 4 nitrogen and oxygen atoms in total. The zero-order valence-corrected chi connectivity index (χ0v) is 28.9. The molecular formula is C42H42Cl2N2O2. The van der Waals surface area contributed by atoms with Gasteiger partial charge in [0.15, 0.2) is 0 Å². The highest BCUT2D eigenvalue weighted by atomic mass is 35.5. The van der Waals surface area contributed by atoms with E-state index in [0.717, 1.165) is 41.6 Å². The number of imidazole rings is 1. The predicted molar refractivity (Wildman–Crippen MR) is 199 cm³/mol. The maximum Gasteiger partial charge on any atom is 0.146 e. The summed E-state index contributed by atoms with van der Waals surface area (Å²) in [4.78, 5) is 4.97. The van der Waals surface area contributed by atoms with Gasteiger partial charge in [-0.05, 0) is 67.5 Å². The molecule has 0 bridgehead atoms. The van der Waals surface area contributed by atoms with Gasteiger partial charge in [-0.25, -0.2) is 4.98 Å². The van der Waals surface area contributed by atoms with Crippen LogP contribution in [0.4, 0.5) is 0 Å². The van der Waals surface area contributed by atoms with Crippen LogP contribution >= 0.6 is 23.2 Å². The molecule has 1 heterocycles. The van der Waals surface area contributed by atoms with Crippen LogP contribution in [0.5, 0.6) is 11.5 Å². The van der Waals surface area contributed by atoms with Crippen molar-refractivity contribution in [3.05, 3.63) is 186 Å². The van der Waals surface area contributed by atoms with E-state index in [-0.39, 0.29) is 5.92 Å². The van der Waals surface area contributed by atoms with E-state index < -0.39 is 5.54 Å². The van der Waals surface area contributed by atoms with Gasteiger partial charge >= 0.3 is 0 Å². The summed E-state index contributed by atoms with van der Waals surface area (Å²) in [5.41, 5.74) is 5.07. The van der Waals surface area contributed by atoms with Gasteiger partial charge in [0.2, 0.25) is 0 Å². The molecule has 246 valence electrons. The van der Waals surface area contributed by atoms with Crippen LogP contribution in [0.15, 0.2) is 147 Å². The van der Waals surface area contributed by atoms with Crippen LogP contribution in [-0.4, -0.2) is 16.2 Å². The van der Waals surface area contributed by atoms with Crippen LogP contribution in [0, 0.1) is 11.8 Å². The fourth-order valence-corrected chi connectivity index (χ4v) is 6.99. The molecule has 1 aromatic heterocycles. The summed E-state index contributed by atoms with van der Waals surface area (Å²) in [6.45, 7) is 14.8. The van der Waals surface area contributed by atoms with Crippen molar-refractivity contribution in [1.82, 2.24) is 9.55 Å². The Morgan fingerprint density at radius 3 is 2.12 bits per heavy atom. The second-order valence-corrected chi connectivity index (χ2v) is 12.7. The minimum atomic E-state index is -0.589. The molecule has 0 fully saturated rings. The first-order chi connectivity index (χ1) is 23.5. The van der Waals surface area contributed by atoms with Crippen molar-refractivity contribution in [3.63, 3.8) is 0 Å². The number of halogens is 2. The standard InChI is InChI=1S/C39H36Cl2N2O2.C3H6/c1-3-30(4-2)39(31-14-7-5-8-15-31,32-16-9-6-10-17-32)43-27-42-35-21-19-28(23-36(35)43)25-44-26-29-13-11-12-18-37(29)45-38-22-20-33(40)24-34(38)41;1-3-2/h3-18,20,22,24,27-28,30H,1-2,19,21,23,25-26H2;3H,1H2,2H3. The van der Waals surface area contributed by atoms with Gasteiger partial charge in [0, 0.05) is 22.2 Å². The summed E-state index contributed by atoms with van der Waals surface area (Å²) >= 11 is 12.4. The van der Waals surface area contributed by atoms with E-state index in [0.29, 0.717) is 40.7 Å². The maximum absolute atomic E-state index is 6.37. The van der Waals surface area contributed by atoms with Crippen LogP contribution < -0.4 is 4.74 Å². The number of benzene rings is 4. The molecule has 0 spiro atoms. The van der Waals surface area contributed by atoms with Gasteiger partial charge in [0.25, 0.3) is 0 Å². The topological polar surface area (TPSA) is 36.3 Å². The lowest BCUT2D eigenvalue weighted by molar-refractivity contribution is 0.0800. The number of aryl methyl sites for hydroxylation is 1. The van der Waals surface area contributed by atoms with Crippen LogP contribution in [-0.2, 0) is 29.7 Å². The monoisotopic (exact) mass is 676 g/mol. The average Bonchev–Trinajstić information content (AvgIpc) is 3.53. The van der Waals surface area contributed by atoms with E-state index in [1.165, 1.54) is 5.69 Å². The minimum absolute atomic E-state index is 0.0807. The van der Waals surface area contributed by atoms with Gasteiger partial charge in [-0.2, -0.15) is 0 Å². The lowest BCUT2D eigenvalue weighted by Gasteiger charge is -2.42. The number of hydrogen-bond donors (Lipinski definition) is 0. The molecule has 1 atom stereocenters. The zero-order valence-electron chi connectivity index (χ0n) is 27.4. The van der Waals surface area contributed by atoms with Crippen LogP contribution in [0.1, 0.15) is 41.4 Å². The van der Waals surface area contributed by atoms with Crippen molar-refractivity contribution >= 4 is 23.2 Å². The number of para-hydroxylation sites is 1. The molecule has 6 rings (SSSR count). The Balaban J connectivity index is 0.00000145. The highest BCUT2D eigenvalue weighted by Crippen LogP contribution is 2.45. The molecule has 6 heteroatoms. The number of fused-ring (bicyclic) bond motifs is 1. The van der Waals surface area contributed by atoms with Crippen molar-refractivity contribution < 1.29 is 9.47 Å². The molecule has 0 aliphatic heterocycles. The second kappa shape index (κ2) is 16.7.